The SMILES string of the molecule is Cc1ccc(N2CCN(CN3CCC4(CCC(N(C)C)CC4)CC3)CC2)cc1. The van der Waals surface area contributed by atoms with Crippen molar-refractivity contribution in [3.63, 3.8) is 0 Å². The molecular weight excluding hydrogens is 344 g/mol. The van der Waals surface area contributed by atoms with Crippen molar-refractivity contribution in [3.8, 4) is 0 Å². The van der Waals surface area contributed by atoms with Gasteiger partial charge in [0.05, 0.1) is 6.67 Å². The summed E-state index contributed by atoms with van der Waals surface area (Å²) in [4.78, 5) is 10.4. The summed E-state index contributed by atoms with van der Waals surface area (Å²) >= 11 is 0. The fourth-order valence-corrected chi connectivity index (χ4v) is 5.59. The van der Waals surface area contributed by atoms with Crippen LogP contribution in [0.4, 0.5) is 5.69 Å². The fraction of sp³-hybridized carbons (Fsp3) is 0.750. The van der Waals surface area contributed by atoms with Crippen molar-refractivity contribution in [2.75, 3.05) is 64.9 Å². The highest BCUT2D eigenvalue weighted by molar-refractivity contribution is 5.47. The molecule has 4 rings (SSSR count). The first-order valence-corrected chi connectivity index (χ1v) is 11.5. The van der Waals surface area contributed by atoms with Gasteiger partial charge in [-0.15, -0.1) is 0 Å². The summed E-state index contributed by atoms with van der Waals surface area (Å²) in [5.74, 6) is 0. The van der Waals surface area contributed by atoms with Gasteiger partial charge in [0.2, 0.25) is 0 Å². The Labute approximate surface area is 172 Å². The van der Waals surface area contributed by atoms with Crippen LogP contribution in [0.1, 0.15) is 44.1 Å². The van der Waals surface area contributed by atoms with E-state index in [4.69, 9.17) is 0 Å². The molecule has 4 nitrogen and oxygen atoms in total. The van der Waals surface area contributed by atoms with Gasteiger partial charge in [0.25, 0.3) is 0 Å². The summed E-state index contributed by atoms with van der Waals surface area (Å²) in [5, 5.41) is 0. The molecule has 0 N–H and O–H groups in total. The minimum Gasteiger partial charge on any atom is -0.369 e. The van der Waals surface area contributed by atoms with E-state index in [1.807, 2.05) is 0 Å². The van der Waals surface area contributed by atoms with Gasteiger partial charge in [0.15, 0.2) is 0 Å². The molecular formula is C24H40N4. The zero-order valence-corrected chi connectivity index (χ0v) is 18.4. The summed E-state index contributed by atoms with van der Waals surface area (Å²) < 4.78 is 0. The van der Waals surface area contributed by atoms with Gasteiger partial charge in [-0.05, 0) is 90.2 Å². The standard InChI is InChI=1S/C24H40N4/c1-21-4-6-23(7-5-21)28-18-16-27(17-19-28)20-26-14-12-24(13-15-26)10-8-22(9-11-24)25(2)3/h4-7,22H,8-20H2,1-3H3. The van der Waals surface area contributed by atoms with Crippen LogP contribution in [0.5, 0.6) is 0 Å². The van der Waals surface area contributed by atoms with Gasteiger partial charge in [-0.3, -0.25) is 9.80 Å². The highest BCUT2D eigenvalue weighted by Crippen LogP contribution is 2.45. The van der Waals surface area contributed by atoms with Crippen molar-refractivity contribution in [3.05, 3.63) is 29.8 Å². The number of rotatable bonds is 4. The molecule has 3 fully saturated rings. The van der Waals surface area contributed by atoms with E-state index < -0.39 is 0 Å². The van der Waals surface area contributed by atoms with Gasteiger partial charge in [0.1, 0.15) is 0 Å². The highest BCUT2D eigenvalue weighted by atomic mass is 15.3. The number of hydrogen-bond donors (Lipinski definition) is 0. The third-order valence-electron chi connectivity index (χ3n) is 7.83. The van der Waals surface area contributed by atoms with Crippen LogP contribution in [0.3, 0.4) is 0 Å². The number of piperidine rings is 1. The third kappa shape index (κ3) is 4.72. The van der Waals surface area contributed by atoms with Gasteiger partial charge >= 0.3 is 0 Å². The molecule has 28 heavy (non-hydrogen) atoms. The van der Waals surface area contributed by atoms with Crippen LogP contribution in [-0.4, -0.2) is 80.8 Å². The van der Waals surface area contributed by atoms with E-state index in [1.165, 1.54) is 82.6 Å². The van der Waals surface area contributed by atoms with Crippen LogP contribution in [0.2, 0.25) is 0 Å². The maximum atomic E-state index is 2.73. The first kappa shape index (κ1) is 20.2. The van der Waals surface area contributed by atoms with Crippen LogP contribution >= 0.6 is 0 Å². The van der Waals surface area contributed by atoms with Crippen molar-refractivity contribution >= 4 is 5.69 Å². The second-order valence-electron chi connectivity index (χ2n) is 9.89. The Morgan fingerprint density at radius 3 is 1.96 bits per heavy atom. The fourth-order valence-electron chi connectivity index (χ4n) is 5.59. The van der Waals surface area contributed by atoms with Crippen LogP contribution in [-0.2, 0) is 0 Å². The number of likely N-dealkylation sites (tertiary alicyclic amines) is 1. The number of hydrogen-bond acceptors (Lipinski definition) is 4. The van der Waals surface area contributed by atoms with E-state index >= 15 is 0 Å². The van der Waals surface area contributed by atoms with E-state index in [9.17, 15) is 0 Å². The van der Waals surface area contributed by atoms with Gasteiger partial charge in [-0.2, -0.15) is 0 Å². The lowest BCUT2D eigenvalue weighted by molar-refractivity contribution is 0.0191. The van der Waals surface area contributed by atoms with Crippen molar-refractivity contribution in [2.45, 2.75) is 51.5 Å². The molecule has 0 aromatic heterocycles. The molecule has 2 aliphatic heterocycles. The predicted octanol–water partition coefficient (Wildman–Crippen LogP) is 3.66. The van der Waals surface area contributed by atoms with E-state index in [1.54, 1.807) is 0 Å². The number of anilines is 1. The van der Waals surface area contributed by atoms with E-state index in [2.05, 4.69) is 64.9 Å². The van der Waals surface area contributed by atoms with Crippen LogP contribution in [0.25, 0.3) is 0 Å². The van der Waals surface area contributed by atoms with E-state index in [0.29, 0.717) is 5.41 Å². The zero-order chi connectivity index (χ0) is 19.6. The molecule has 1 saturated carbocycles. The lowest BCUT2D eigenvalue weighted by Gasteiger charge is -2.48. The molecule has 1 aromatic carbocycles. The number of aryl methyl sites for hydroxylation is 1. The molecule has 1 aromatic rings. The van der Waals surface area contributed by atoms with Gasteiger partial charge in [-0.25, -0.2) is 0 Å². The van der Waals surface area contributed by atoms with E-state index in [0.717, 1.165) is 19.1 Å². The second-order valence-corrected chi connectivity index (χ2v) is 9.89. The predicted molar refractivity (Wildman–Crippen MR) is 119 cm³/mol. The lowest BCUT2D eigenvalue weighted by Crippen LogP contribution is -2.52. The lowest BCUT2D eigenvalue weighted by atomic mass is 9.67. The highest BCUT2D eigenvalue weighted by Gasteiger charge is 2.38. The number of nitrogens with zero attached hydrogens (tertiary/aromatic N) is 4. The molecule has 0 unspecified atom stereocenters. The molecule has 2 heterocycles. The number of piperazine rings is 1. The molecule has 3 aliphatic rings. The maximum Gasteiger partial charge on any atom is 0.0507 e. The third-order valence-corrected chi connectivity index (χ3v) is 7.83. The molecule has 2 saturated heterocycles. The molecule has 0 radical (unpaired) electrons. The molecule has 4 heteroatoms. The number of benzene rings is 1. The average Bonchev–Trinajstić information content (AvgIpc) is 2.72. The Hall–Kier alpha value is -1.10. The largest absolute Gasteiger partial charge is 0.369 e. The van der Waals surface area contributed by atoms with Gasteiger partial charge in [0, 0.05) is 37.9 Å². The Morgan fingerprint density at radius 1 is 0.821 bits per heavy atom. The monoisotopic (exact) mass is 384 g/mol. The van der Waals surface area contributed by atoms with Gasteiger partial charge < -0.3 is 9.80 Å². The molecule has 0 bridgehead atoms. The molecule has 1 aliphatic carbocycles. The van der Waals surface area contributed by atoms with Crippen LogP contribution in [0, 0.1) is 12.3 Å². The Balaban J connectivity index is 1.19. The Morgan fingerprint density at radius 2 is 1.39 bits per heavy atom. The second kappa shape index (κ2) is 8.73. The van der Waals surface area contributed by atoms with Crippen molar-refractivity contribution in [2.24, 2.45) is 5.41 Å². The van der Waals surface area contributed by atoms with Gasteiger partial charge in [-0.1, -0.05) is 17.7 Å². The maximum absolute atomic E-state index is 2.73. The average molecular weight is 385 g/mol. The summed E-state index contributed by atoms with van der Waals surface area (Å²) in [6, 6.07) is 9.85. The van der Waals surface area contributed by atoms with Crippen molar-refractivity contribution in [1.29, 1.82) is 0 Å². The minimum absolute atomic E-state index is 0.674. The molecule has 0 atom stereocenters. The summed E-state index contributed by atoms with van der Waals surface area (Å²) in [6.07, 6.45) is 8.59. The summed E-state index contributed by atoms with van der Waals surface area (Å²) in [6.45, 7) is 10.7. The molecule has 1 spiro atoms. The Kier molecular flexibility index (Phi) is 6.29. The quantitative estimate of drug-likeness (QED) is 0.785. The normalized spacial score (nSPS) is 24.9. The first-order valence-electron chi connectivity index (χ1n) is 11.5. The molecule has 156 valence electrons. The smallest absolute Gasteiger partial charge is 0.0507 e. The first-order chi connectivity index (χ1) is 13.5. The van der Waals surface area contributed by atoms with Crippen LogP contribution in [0.15, 0.2) is 24.3 Å². The summed E-state index contributed by atoms with van der Waals surface area (Å²) in [7, 11) is 4.51. The van der Waals surface area contributed by atoms with Crippen molar-refractivity contribution < 1.29 is 0 Å². The minimum atomic E-state index is 0.674. The zero-order valence-electron chi connectivity index (χ0n) is 18.4. The molecule has 0 amide bonds. The van der Waals surface area contributed by atoms with Crippen LogP contribution < -0.4 is 4.90 Å². The topological polar surface area (TPSA) is 13.0 Å². The summed E-state index contributed by atoms with van der Waals surface area (Å²) in [5.41, 5.74) is 3.41. The Bertz CT molecular complexity index is 600. The van der Waals surface area contributed by atoms with Crippen molar-refractivity contribution in [1.82, 2.24) is 14.7 Å². The van der Waals surface area contributed by atoms with E-state index in [-0.39, 0.29) is 0 Å².